The number of hydrogen-bond acceptors (Lipinski definition) is 3. The first kappa shape index (κ1) is 16.0. The van der Waals surface area contributed by atoms with Crippen LogP contribution in [0.1, 0.15) is 28.5 Å². The molecule has 0 saturated carbocycles. The van der Waals surface area contributed by atoms with E-state index in [2.05, 4.69) is 10.3 Å². The fourth-order valence-electron chi connectivity index (χ4n) is 2.53. The maximum atomic E-state index is 12.5. The smallest absolute Gasteiger partial charge is 0.369 e. The molecule has 3 rings (SSSR count). The lowest BCUT2D eigenvalue weighted by atomic mass is 10.0. The van der Waals surface area contributed by atoms with Crippen molar-refractivity contribution in [3.63, 3.8) is 0 Å². The van der Waals surface area contributed by atoms with Crippen molar-refractivity contribution in [1.82, 2.24) is 10.3 Å². The van der Waals surface area contributed by atoms with Crippen LogP contribution in [0.2, 0.25) is 0 Å². The zero-order valence-corrected chi connectivity index (χ0v) is 12.4. The minimum Gasteiger partial charge on any atom is -0.369 e. The molecule has 1 saturated heterocycles. The Hall–Kier alpha value is -1.92. The number of morpholine rings is 1. The van der Waals surface area contributed by atoms with Crippen LogP contribution in [0, 0.1) is 0 Å². The van der Waals surface area contributed by atoms with Crippen LogP contribution in [0.3, 0.4) is 0 Å². The van der Waals surface area contributed by atoms with Gasteiger partial charge in [0.2, 0.25) is 0 Å². The van der Waals surface area contributed by atoms with Crippen molar-refractivity contribution in [3.05, 3.63) is 65.0 Å². The van der Waals surface area contributed by atoms with Crippen molar-refractivity contribution in [2.75, 3.05) is 19.7 Å². The summed E-state index contributed by atoms with van der Waals surface area (Å²) in [4.78, 5) is 4.41. The zero-order chi connectivity index (χ0) is 16.3. The highest BCUT2D eigenvalue weighted by Crippen LogP contribution is 2.29. The van der Waals surface area contributed by atoms with Crippen molar-refractivity contribution < 1.29 is 17.9 Å². The fourth-order valence-corrected chi connectivity index (χ4v) is 2.53. The Kier molecular flexibility index (Phi) is 4.63. The molecular formula is C17H17F3N2O. The van der Waals surface area contributed by atoms with Crippen molar-refractivity contribution in [2.24, 2.45) is 0 Å². The van der Waals surface area contributed by atoms with Gasteiger partial charge in [-0.1, -0.05) is 18.2 Å². The molecule has 1 atom stereocenters. The van der Waals surface area contributed by atoms with Crippen molar-refractivity contribution in [3.8, 4) is 0 Å². The molecular weight excluding hydrogens is 305 g/mol. The third-order valence-corrected chi connectivity index (χ3v) is 3.79. The van der Waals surface area contributed by atoms with Crippen molar-refractivity contribution in [2.45, 2.75) is 18.7 Å². The van der Waals surface area contributed by atoms with Crippen molar-refractivity contribution >= 4 is 0 Å². The van der Waals surface area contributed by atoms with E-state index in [4.69, 9.17) is 4.74 Å². The predicted octanol–water partition coefficient (Wildman–Crippen LogP) is 3.35. The maximum Gasteiger partial charge on any atom is 0.416 e. The number of benzene rings is 1. The van der Waals surface area contributed by atoms with Gasteiger partial charge in [0.1, 0.15) is 6.10 Å². The summed E-state index contributed by atoms with van der Waals surface area (Å²) in [6, 6.07) is 9.09. The number of alkyl halides is 3. The molecule has 6 heteroatoms. The maximum absolute atomic E-state index is 12.5. The lowest BCUT2D eigenvalue weighted by Crippen LogP contribution is -2.33. The van der Waals surface area contributed by atoms with E-state index in [0.717, 1.165) is 42.0 Å². The molecule has 2 heterocycles. The molecule has 0 unspecified atom stereocenters. The van der Waals surface area contributed by atoms with E-state index in [0.29, 0.717) is 13.0 Å². The van der Waals surface area contributed by atoms with Crippen LogP contribution in [0.25, 0.3) is 0 Å². The highest BCUT2D eigenvalue weighted by molar-refractivity contribution is 5.29. The van der Waals surface area contributed by atoms with E-state index >= 15 is 0 Å². The highest BCUT2D eigenvalue weighted by Gasteiger charge is 2.29. The van der Waals surface area contributed by atoms with Crippen LogP contribution in [0.4, 0.5) is 13.2 Å². The molecule has 0 amide bonds. The van der Waals surface area contributed by atoms with E-state index in [1.165, 1.54) is 12.1 Å². The summed E-state index contributed by atoms with van der Waals surface area (Å²) in [5, 5.41) is 3.25. The monoisotopic (exact) mass is 322 g/mol. The molecule has 1 aliphatic rings. The molecule has 2 aromatic rings. The summed E-state index contributed by atoms with van der Waals surface area (Å²) >= 11 is 0. The number of pyridine rings is 1. The van der Waals surface area contributed by atoms with Crippen molar-refractivity contribution in [1.29, 1.82) is 0 Å². The number of nitrogens with zero attached hydrogens (tertiary/aromatic N) is 1. The van der Waals surface area contributed by atoms with Gasteiger partial charge in [-0.25, -0.2) is 0 Å². The zero-order valence-electron chi connectivity index (χ0n) is 12.4. The van der Waals surface area contributed by atoms with Crippen LogP contribution in [-0.2, 0) is 17.3 Å². The third kappa shape index (κ3) is 4.09. The van der Waals surface area contributed by atoms with Crippen LogP contribution in [0.15, 0.2) is 42.6 Å². The number of aromatic nitrogens is 1. The largest absolute Gasteiger partial charge is 0.416 e. The van der Waals surface area contributed by atoms with Gasteiger partial charge < -0.3 is 10.1 Å². The number of rotatable bonds is 3. The number of ether oxygens (including phenoxy) is 1. The van der Waals surface area contributed by atoms with Gasteiger partial charge in [0, 0.05) is 19.3 Å². The molecule has 1 aliphatic heterocycles. The second kappa shape index (κ2) is 6.68. The Morgan fingerprint density at radius 1 is 1.09 bits per heavy atom. The normalized spacial score (nSPS) is 18.8. The fraction of sp³-hybridized carbons (Fsp3) is 0.353. The second-order valence-corrected chi connectivity index (χ2v) is 5.53. The first-order valence-electron chi connectivity index (χ1n) is 7.45. The number of nitrogens with one attached hydrogen (secondary N) is 1. The molecule has 1 aromatic carbocycles. The predicted molar refractivity (Wildman–Crippen MR) is 80.0 cm³/mol. The summed E-state index contributed by atoms with van der Waals surface area (Å²) in [5.74, 6) is 0. The summed E-state index contributed by atoms with van der Waals surface area (Å²) in [6.07, 6.45) is -2.03. The Morgan fingerprint density at radius 2 is 1.83 bits per heavy atom. The highest BCUT2D eigenvalue weighted by atomic mass is 19.4. The standard InChI is InChI=1S/C17H17F3N2O/c18-17(19,20)14-4-1-12(2-5-14)9-13-3-6-15(22-10-13)16-11-21-7-8-23-16/h1-6,10,16,21H,7-9,11H2/t16-/m1/s1. The summed E-state index contributed by atoms with van der Waals surface area (Å²) in [7, 11) is 0. The van der Waals surface area contributed by atoms with Crippen LogP contribution in [-0.4, -0.2) is 24.7 Å². The average Bonchev–Trinajstić information content (AvgIpc) is 2.56. The Morgan fingerprint density at radius 3 is 2.39 bits per heavy atom. The molecule has 0 bridgehead atoms. The van der Waals surface area contributed by atoms with Crippen LogP contribution >= 0.6 is 0 Å². The summed E-state index contributed by atoms with van der Waals surface area (Å²) in [5.41, 5.74) is 2.02. The van der Waals surface area contributed by atoms with Crippen LogP contribution in [0.5, 0.6) is 0 Å². The molecule has 0 radical (unpaired) electrons. The van der Waals surface area contributed by atoms with Gasteiger partial charge >= 0.3 is 6.18 Å². The van der Waals surface area contributed by atoms with Gasteiger partial charge in [0.15, 0.2) is 0 Å². The Bertz CT molecular complexity index is 632. The van der Waals surface area contributed by atoms with Crippen LogP contribution < -0.4 is 5.32 Å². The number of halogens is 3. The second-order valence-electron chi connectivity index (χ2n) is 5.53. The molecule has 3 nitrogen and oxygen atoms in total. The van der Waals surface area contributed by atoms with Gasteiger partial charge in [0.25, 0.3) is 0 Å². The molecule has 0 spiro atoms. The van der Waals surface area contributed by atoms with Gasteiger partial charge in [0.05, 0.1) is 17.9 Å². The lowest BCUT2D eigenvalue weighted by Gasteiger charge is -2.23. The minimum absolute atomic E-state index is 0.0381. The third-order valence-electron chi connectivity index (χ3n) is 3.79. The molecule has 1 N–H and O–H groups in total. The van der Waals surface area contributed by atoms with E-state index in [9.17, 15) is 13.2 Å². The first-order chi connectivity index (χ1) is 11.0. The Balaban J connectivity index is 1.66. The molecule has 1 aromatic heterocycles. The topological polar surface area (TPSA) is 34.1 Å². The lowest BCUT2D eigenvalue weighted by molar-refractivity contribution is -0.137. The number of hydrogen-bond donors (Lipinski definition) is 1. The van der Waals surface area contributed by atoms with Gasteiger partial charge in [-0.2, -0.15) is 13.2 Å². The first-order valence-corrected chi connectivity index (χ1v) is 7.45. The van der Waals surface area contributed by atoms with Gasteiger partial charge in [-0.05, 0) is 35.7 Å². The summed E-state index contributed by atoms with van der Waals surface area (Å²) < 4.78 is 43.3. The van der Waals surface area contributed by atoms with E-state index < -0.39 is 11.7 Å². The van der Waals surface area contributed by atoms with E-state index in [-0.39, 0.29) is 6.10 Å². The van der Waals surface area contributed by atoms with Gasteiger partial charge in [-0.3, -0.25) is 4.98 Å². The van der Waals surface area contributed by atoms with E-state index in [1.54, 1.807) is 6.20 Å². The van der Waals surface area contributed by atoms with E-state index in [1.807, 2.05) is 12.1 Å². The molecule has 1 fully saturated rings. The average molecular weight is 322 g/mol. The molecule has 0 aliphatic carbocycles. The summed E-state index contributed by atoms with van der Waals surface area (Å²) in [6.45, 7) is 2.26. The molecule has 122 valence electrons. The minimum atomic E-state index is -4.30. The quantitative estimate of drug-likeness (QED) is 0.941. The molecule has 23 heavy (non-hydrogen) atoms. The Labute approximate surface area is 132 Å². The SMILES string of the molecule is FC(F)(F)c1ccc(Cc2ccc([C@H]3CNCCO3)nc2)cc1. The van der Waals surface area contributed by atoms with Gasteiger partial charge in [-0.15, -0.1) is 0 Å².